The van der Waals surface area contributed by atoms with Gasteiger partial charge in [-0.05, 0) is 69.1 Å². The molecule has 0 bridgehead atoms. The largest absolute Gasteiger partial charge is 0.239 e. The Morgan fingerprint density at radius 3 is 1.60 bits per heavy atom. The molecule has 7 aromatic rings. The van der Waals surface area contributed by atoms with E-state index in [0.29, 0.717) is 0 Å². The molecular weight excluding hydrogens is 544 g/mol. The van der Waals surface area contributed by atoms with Gasteiger partial charge in [-0.1, -0.05) is 133 Å². The Morgan fingerprint density at radius 1 is 0.489 bits per heavy atom. The third kappa shape index (κ3) is 3.57. The number of benzene rings is 6. The minimum atomic E-state index is -0.374. The van der Waals surface area contributed by atoms with Gasteiger partial charge < -0.3 is 0 Å². The third-order valence-electron chi connectivity index (χ3n) is 9.87. The summed E-state index contributed by atoms with van der Waals surface area (Å²) in [6, 6.07) is 53.1. The molecule has 0 aliphatic heterocycles. The van der Waals surface area contributed by atoms with Gasteiger partial charge in [0.2, 0.25) is 5.69 Å². The lowest BCUT2D eigenvalue weighted by Crippen LogP contribution is -2.32. The molecule has 0 atom stereocenters. The smallest absolute Gasteiger partial charge is 0.234 e. The van der Waals surface area contributed by atoms with E-state index in [-0.39, 0.29) is 5.41 Å². The average molecular weight is 576 g/mol. The van der Waals surface area contributed by atoms with Gasteiger partial charge in [-0.3, -0.25) is 0 Å². The summed E-state index contributed by atoms with van der Waals surface area (Å²) in [6.07, 6.45) is 2.20. The van der Waals surface area contributed by atoms with E-state index in [9.17, 15) is 0 Å². The van der Waals surface area contributed by atoms with Crippen molar-refractivity contribution >= 4 is 0 Å². The molecule has 6 aromatic carbocycles. The molecule has 2 nitrogen and oxygen atoms in total. The Morgan fingerprint density at radius 2 is 1.00 bits per heavy atom. The molecule has 0 saturated carbocycles. The van der Waals surface area contributed by atoms with Crippen molar-refractivity contribution in [2.24, 2.45) is 7.05 Å². The number of hydrogen-bond donors (Lipinski definition) is 0. The van der Waals surface area contributed by atoms with Gasteiger partial charge in [0.05, 0.1) is 11.0 Å². The lowest BCUT2D eigenvalue weighted by Gasteiger charge is -2.30. The second-order valence-corrected chi connectivity index (χ2v) is 12.3. The zero-order valence-electron chi connectivity index (χ0n) is 25.3. The standard InChI is InChI=1S/C43H31N2/c1-28-14-6-7-17-31(28)42-41(29-15-4-3-5-16-29)44-40(27-45(42)2)30-24-25-35-34-20-10-13-23-38(34)43(39(35)26-30)36-21-11-8-18-32(36)33-19-9-12-22-37(33)43/h3-27H,1-2H3/q+1. The molecule has 0 amide bonds. The SMILES string of the molecule is Cc1ccccc1-c1c(-c2ccccc2)nc(-c2ccc3c(c2)C2(c4ccccc4-c4ccccc42)c2ccccc2-3)c[n+]1C. The van der Waals surface area contributed by atoms with Crippen LogP contribution in [0.25, 0.3) is 56.0 Å². The summed E-state index contributed by atoms with van der Waals surface area (Å²) in [6.45, 7) is 2.17. The van der Waals surface area contributed by atoms with E-state index in [0.717, 1.165) is 28.2 Å². The van der Waals surface area contributed by atoms with Crippen molar-refractivity contribution in [1.29, 1.82) is 0 Å². The van der Waals surface area contributed by atoms with Gasteiger partial charge in [0.25, 0.3) is 0 Å². The number of aromatic nitrogens is 2. The van der Waals surface area contributed by atoms with Crippen LogP contribution in [0, 0.1) is 6.92 Å². The van der Waals surface area contributed by atoms with E-state index in [2.05, 4.69) is 170 Å². The summed E-state index contributed by atoms with van der Waals surface area (Å²) >= 11 is 0. The molecule has 2 aliphatic rings. The minimum absolute atomic E-state index is 0.374. The molecule has 1 heterocycles. The highest BCUT2D eigenvalue weighted by Crippen LogP contribution is 2.62. The van der Waals surface area contributed by atoms with Crippen molar-refractivity contribution in [2.45, 2.75) is 12.3 Å². The summed E-state index contributed by atoms with van der Waals surface area (Å²) in [5, 5.41) is 0. The van der Waals surface area contributed by atoms with Crippen LogP contribution < -0.4 is 4.57 Å². The molecule has 9 rings (SSSR count). The molecule has 0 fully saturated rings. The van der Waals surface area contributed by atoms with Crippen molar-refractivity contribution in [3.63, 3.8) is 0 Å². The van der Waals surface area contributed by atoms with E-state index >= 15 is 0 Å². The van der Waals surface area contributed by atoms with Crippen LogP contribution in [-0.4, -0.2) is 4.98 Å². The highest BCUT2D eigenvalue weighted by molar-refractivity contribution is 5.95. The third-order valence-corrected chi connectivity index (χ3v) is 9.87. The van der Waals surface area contributed by atoms with Gasteiger partial charge in [-0.25, -0.2) is 4.98 Å². The fraction of sp³-hybridized carbons (Fsp3) is 0.0698. The van der Waals surface area contributed by atoms with Crippen molar-refractivity contribution < 1.29 is 4.57 Å². The van der Waals surface area contributed by atoms with Crippen LogP contribution in [0.3, 0.4) is 0 Å². The maximum atomic E-state index is 5.45. The second-order valence-electron chi connectivity index (χ2n) is 12.3. The highest BCUT2D eigenvalue weighted by atomic mass is 15.0. The number of rotatable bonds is 3. The molecule has 1 spiro atoms. The van der Waals surface area contributed by atoms with Crippen molar-refractivity contribution in [3.8, 4) is 56.0 Å². The summed E-state index contributed by atoms with van der Waals surface area (Å²) in [5.74, 6) is 0. The molecule has 0 N–H and O–H groups in total. The maximum Gasteiger partial charge on any atom is 0.239 e. The number of hydrogen-bond acceptors (Lipinski definition) is 1. The topological polar surface area (TPSA) is 16.8 Å². The van der Waals surface area contributed by atoms with E-state index in [1.54, 1.807) is 0 Å². The van der Waals surface area contributed by atoms with Crippen LogP contribution in [0.15, 0.2) is 152 Å². The maximum absolute atomic E-state index is 5.45. The second kappa shape index (κ2) is 9.70. The predicted molar refractivity (Wildman–Crippen MR) is 183 cm³/mol. The van der Waals surface area contributed by atoms with Crippen LogP contribution in [0.2, 0.25) is 0 Å². The zero-order valence-corrected chi connectivity index (χ0v) is 25.3. The number of nitrogens with zero attached hydrogens (tertiary/aromatic N) is 2. The predicted octanol–water partition coefficient (Wildman–Crippen LogP) is 9.56. The summed E-state index contributed by atoms with van der Waals surface area (Å²) in [5.41, 5.74) is 18.0. The molecule has 0 radical (unpaired) electrons. The molecule has 0 saturated heterocycles. The Balaban J connectivity index is 1.32. The van der Waals surface area contributed by atoms with Crippen LogP contribution in [0.5, 0.6) is 0 Å². The highest BCUT2D eigenvalue weighted by Gasteiger charge is 2.51. The van der Waals surface area contributed by atoms with E-state index in [1.165, 1.54) is 55.6 Å². The van der Waals surface area contributed by atoms with Crippen molar-refractivity contribution in [3.05, 3.63) is 180 Å². The summed E-state index contributed by atoms with van der Waals surface area (Å²) in [4.78, 5) is 5.45. The fourth-order valence-electron chi connectivity index (χ4n) is 7.96. The first kappa shape index (κ1) is 25.9. The lowest BCUT2D eigenvalue weighted by molar-refractivity contribution is -0.659. The first-order chi connectivity index (χ1) is 22.2. The number of aryl methyl sites for hydroxylation is 2. The van der Waals surface area contributed by atoms with Gasteiger partial charge in [0, 0.05) is 11.1 Å². The normalized spacial score (nSPS) is 13.3. The Bertz CT molecular complexity index is 2230. The Labute approximate surface area is 264 Å². The van der Waals surface area contributed by atoms with E-state index in [1.807, 2.05) is 0 Å². The van der Waals surface area contributed by atoms with Gasteiger partial charge in [0.1, 0.15) is 18.4 Å². The molecule has 212 valence electrons. The molecule has 1 aromatic heterocycles. The first-order valence-electron chi connectivity index (χ1n) is 15.6. The van der Waals surface area contributed by atoms with Crippen molar-refractivity contribution in [1.82, 2.24) is 4.98 Å². The average Bonchev–Trinajstić information content (AvgIpc) is 3.56. The monoisotopic (exact) mass is 575 g/mol. The molecular formula is C43H31N2+. The van der Waals surface area contributed by atoms with Crippen LogP contribution in [0.4, 0.5) is 0 Å². The Kier molecular flexibility index (Phi) is 5.58. The number of fused-ring (bicyclic) bond motifs is 10. The zero-order chi connectivity index (χ0) is 30.1. The van der Waals surface area contributed by atoms with Crippen molar-refractivity contribution in [2.75, 3.05) is 0 Å². The molecule has 45 heavy (non-hydrogen) atoms. The Hall–Kier alpha value is -5.60. The molecule has 2 heteroatoms. The first-order valence-corrected chi connectivity index (χ1v) is 15.6. The molecule has 2 aliphatic carbocycles. The van der Waals surface area contributed by atoms with Gasteiger partial charge in [0.15, 0.2) is 6.20 Å². The minimum Gasteiger partial charge on any atom is -0.234 e. The van der Waals surface area contributed by atoms with Crippen LogP contribution >= 0.6 is 0 Å². The van der Waals surface area contributed by atoms with E-state index in [4.69, 9.17) is 4.98 Å². The van der Waals surface area contributed by atoms with E-state index < -0.39 is 0 Å². The van der Waals surface area contributed by atoms with Gasteiger partial charge >= 0.3 is 0 Å². The van der Waals surface area contributed by atoms with Crippen LogP contribution in [0.1, 0.15) is 27.8 Å². The summed E-state index contributed by atoms with van der Waals surface area (Å²) < 4.78 is 2.25. The lowest BCUT2D eigenvalue weighted by atomic mass is 9.70. The van der Waals surface area contributed by atoms with Gasteiger partial charge in [-0.15, -0.1) is 0 Å². The fourth-order valence-corrected chi connectivity index (χ4v) is 7.96. The molecule has 0 unspecified atom stereocenters. The summed E-state index contributed by atoms with van der Waals surface area (Å²) in [7, 11) is 2.15. The quantitative estimate of drug-likeness (QED) is 0.192. The van der Waals surface area contributed by atoms with Crippen LogP contribution in [-0.2, 0) is 12.5 Å². The van der Waals surface area contributed by atoms with Gasteiger partial charge in [-0.2, -0.15) is 4.57 Å².